The normalized spacial score (nSPS) is 15.2. The minimum Gasteiger partial charge on any atom is -0.384 e. The third kappa shape index (κ3) is 2.10. The van der Waals surface area contributed by atoms with Gasteiger partial charge in [-0.3, -0.25) is 0 Å². The van der Waals surface area contributed by atoms with Crippen LogP contribution in [0.4, 0.5) is 0 Å². The van der Waals surface area contributed by atoms with Gasteiger partial charge in [-0.1, -0.05) is 43.7 Å². The molecule has 0 saturated heterocycles. The molecule has 0 spiro atoms. The van der Waals surface area contributed by atoms with Crippen molar-refractivity contribution >= 4 is 0 Å². The first-order valence-corrected chi connectivity index (χ1v) is 5.67. The fraction of sp³-hybridized carbons (Fsp3) is 0.500. The Labute approximate surface area is 97.5 Å². The highest BCUT2D eigenvalue weighted by Gasteiger charge is 2.44. The van der Waals surface area contributed by atoms with Gasteiger partial charge in [0.1, 0.15) is 5.60 Å². The van der Waals surface area contributed by atoms with Crippen molar-refractivity contribution < 1.29 is 5.11 Å². The maximum absolute atomic E-state index is 10.8. The van der Waals surface area contributed by atoms with Crippen molar-refractivity contribution in [1.82, 2.24) is 0 Å². The van der Waals surface area contributed by atoms with Crippen LogP contribution in [0.5, 0.6) is 0 Å². The van der Waals surface area contributed by atoms with E-state index >= 15 is 0 Å². The summed E-state index contributed by atoms with van der Waals surface area (Å²) in [6, 6.07) is 11.7. The van der Waals surface area contributed by atoms with Crippen LogP contribution in [0, 0.1) is 16.7 Å². The van der Waals surface area contributed by atoms with Crippen molar-refractivity contribution in [3.05, 3.63) is 35.9 Å². The Morgan fingerprint density at radius 1 is 1.25 bits per heavy atom. The Kier molecular flexibility index (Phi) is 3.72. The number of hydrogen-bond acceptors (Lipinski definition) is 2. The predicted molar refractivity (Wildman–Crippen MR) is 64.6 cm³/mol. The van der Waals surface area contributed by atoms with Gasteiger partial charge in [0, 0.05) is 0 Å². The van der Waals surface area contributed by atoms with E-state index in [1.807, 2.05) is 37.3 Å². The van der Waals surface area contributed by atoms with Crippen LogP contribution >= 0.6 is 0 Å². The predicted octanol–water partition coefficient (Wildman–Crippen LogP) is 3.22. The van der Waals surface area contributed by atoms with Gasteiger partial charge in [-0.05, 0) is 25.8 Å². The van der Waals surface area contributed by atoms with E-state index in [-0.39, 0.29) is 0 Å². The van der Waals surface area contributed by atoms with Crippen LogP contribution in [-0.4, -0.2) is 5.11 Å². The molecular weight excluding hydrogens is 198 g/mol. The molecule has 0 aliphatic rings. The molecule has 1 aromatic carbocycles. The van der Waals surface area contributed by atoms with E-state index in [0.29, 0.717) is 6.42 Å². The number of aliphatic hydroxyl groups is 1. The van der Waals surface area contributed by atoms with E-state index in [1.54, 1.807) is 13.8 Å². The largest absolute Gasteiger partial charge is 0.384 e. The zero-order valence-corrected chi connectivity index (χ0v) is 10.2. The monoisotopic (exact) mass is 217 g/mol. The second-order valence-corrected chi connectivity index (χ2v) is 4.71. The quantitative estimate of drug-likeness (QED) is 0.841. The minimum absolute atomic E-state index is 0.595. The van der Waals surface area contributed by atoms with Gasteiger partial charge in [0.25, 0.3) is 0 Å². The van der Waals surface area contributed by atoms with Crippen molar-refractivity contribution in [3.8, 4) is 6.07 Å². The molecular formula is C14H19NO. The topological polar surface area (TPSA) is 44.0 Å². The first kappa shape index (κ1) is 12.7. The Bertz CT molecular complexity index is 377. The molecule has 16 heavy (non-hydrogen) atoms. The highest BCUT2D eigenvalue weighted by atomic mass is 16.3. The van der Waals surface area contributed by atoms with Gasteiger partial charge < -0.3 is 5.11 Å². The lowest BCUT2D eigenvalue weighted by atomic mass is 9.69. The maximum Gasteiger partial charge on any atom is 0.108 e. The number of nitriles is 1. The van der Waals surface area contributed by atoms with Crippen LogP contribution in [0.2, 0.25) is 0 Å². The molecule has 2 heteroatoms. The maximum atomic E-state index is 10.8. The van der Waals surface area contributed by atoms with Gasteiger partial charge in [-0.25, -0.2) is 0 Å². The fourth-order valence-electron chi connectivity index (χ4n) is 1.99. The highest BCUT2D eigenvalue weighted by molar-refractivity contribution is 5.27. The van der Waals surface area contributed by atoms with Gasteiger partial charge in [0.05, 0.1) is 11.5 Å². The Morgan fingerprint density at radius 3 is 2.25 bits per heavy atom. The summed E-state index contributed by atoms with van der Waals surface area (Å²) in [5.41, 5.74) is -1.04. The van der Waals surface area contributed by atoms with Crippen molar-refractivity contribution in [1.29, 1.82) is 5.26 Å². The average molecular weight is 217 g/mol. The SMILES string of the molecule is CCCC(O)(c1ccccc1)C(C)(C)C#N. The molecule has 1 N–H and O–H groups in total. The molecule has 1 unspecified atom stereocenters. The molecule has 86 valence electrons. The van der Waals surface area contributed by atoms with Gasteiger partial charge in [0.2, 0.25) is 0 Å². The van der Waals surface area contributed by atoms with E-state index in [9.17, 15) is 10.4 Å². The summed E-state index contributed by atoms with van der Waals surface area (Å²) in [5.74, 6) is 0. The summed E-state index contributed by atoms with van der Waals surface area (Å²) in [5, 5.41) is 20.0. The third-order valence-corrected chi connectivity index (χ3v) is 3.18. The van der Waals surface area contributed by atoms with Crippen molar-refractivity contribution in [3.63, 3.8) is 0 Å². The molecule has 0 fully saturated rings. The van der Waals surface area contributed by atoms with E-state index in [1.165, 1.54) is 0 Å². The standard InChI is InChI=1S/C14H19NO/c1-4-10-14(16,13(2,3)11-15)12-8-6-5-7-9-12/h5-9,16H,4,10H2,1-3H3. The van der Waals surface area contributed by atoms with Crippen LogP contribution in [0.3, 0.4) is 0 Å². The molecule has 0 bridgehead atoms. The van der Waals surface area contributed by atoms with Crippen LogP contribution in [0.25, 0.3) is 0 Å². The second kappa shape index (κ2) is 4.67. The van der Waals surface area contributed by atoms with Crippen LogP contribution in [-0.2, 0) is 5.60 Å². The van der Waals surface area contributed by atoms with Crippen LogP contribution in [0.1, 0.15) is 39.2 Å². The Hall–Kier alpha value is -1.33. The lowest BCUT2D eigenvalue weighted by Gasteiger charge is -2.38. The molecule has 2 nitrogen and oxygen atoms in total. The summed E-state index contributed by atoms with van der Waals surface area (Å²) in [6.45, 7) is 5.59. The summed E-state index contributed by atoms with van der Waals surface area (Å²) < 4.78 is 0. The van der Waals surface area contributed by atoms with E-state index in [4.69, 9.17) is 0 Å². The molecule has 0 aromatic heterocycles. The van der Waals surface area contributed by atoms with Crippen molar-refractivity contribution in [2.24, 2.45) is 5.41 Å². The van der Waals surface area contributed by atoms with Gasteiger partial charge in [-0.15, -0.1) is 0 Å². The molecule has 0 radical (unpaired) electrons. The zero-order valence-electron chi connectivity index (χ0n) is 10.2. The molecule has 0 saturated carbocycles. The molecule has 0 aliphatic carbocycles. The van der Waals surface area contributed by atoms with Gasteiger partial charge >= 0.3 is 0 Å². The summed E-state index contributed by atoms with van der Waals surface area (Å²) >= 11 is 0. The average Bonchev–Trinajstić information content (AvgIpc) is 2.30. The van der Waals surface area contributed by atoms with Crippen LogP contribution in [0.15, 0.2) is 30.3 Å². The number of nitrogens with zero attached hydrogens (tertiary/aromatic N) is 1. The molecule has 1 atom stereocenters. The lowest BCUT2D eigenvalue weighted by molar-refractivity contribution is -0.0528. The molecule has 1 rings (SSSR count). The molecule has 1 aromatic rings. The van der Waals surface area contributed by atoms with Crippen LogP contribution < -0.4 is 0 Å². The Morgan fingerprint density at radius 2 is 1.81 bits per heavy atom. The number of hydrogen-bond donors (Lipinski definition) is 1. The molecule has 0 heterocycles. The molecule has 0 amide bonds. The van der Waals surface area contributed by atoms with Crippen molar-refractivity contribution in [2.45, 2.75) is 39.2 Å². The van der Waals surface area contributed by atoms with E-state index in [2.05, 4.69) is 6.07 Å². The van der Waals surface area contributed by atoms with Gasteiger partial charge in [-0.2, -0.15) is 5.26 Å². The van der Waals surface area contributed by atoms with Crippen molar-refractivity contribution in [2.75, 3.05) is 0 Å². The number of rotatable bonds is 4. The highest BCUT2D eigenvalue weighted by Crippen LogP contribution is 2.42. The number of benzene rings is 1. The fourth-order valence-corrected chi connectivity index (χ4v) is 1.99. The van der Waals surface area contributed by atoms with Gasteiger partial charge in [0.15, 0.2) is 0 Å². The Balaban J connectivity index is 3.23. The lowest BCUT2D eigenvalue weighted by Crippen LogP contribution is -2.41. The first-order chi connectivity index (χ1) is 7.48. The third-order valence-electron chi connectivity index (χ3n) is 3.18. The summed E-state index contributed by atoms with van der Waals surface area (Å²) in [6.07, 6.45) is 1.44. The zero-order chi connectivity index (χ0) is 12.2. The summed E-state index contributed by atoms with van der Waals surface area (Å²) in [7, 11) is 0. The summed E-state index contributed by atoms with van der Waals surface area (Å²) in [4.78, 5) is 0. The first-order valence-electron chi connectivity index (χ1n) is 5.67. The smallest absolute Gasteiger partial charge is 0.108 e. The van der Waals surface area contributed by atoms with E-state index in [0.717, 1.165) is 12.0 Å². The molecule has 0 aliphatic heterocycles. The minimum atomic E-state index is -1.07. The second-order valence-electron chi connectivity index (χ2n) is 4.71. The van der Waals surface area contributed by atoms with E-state index < -0.39 is 11.0 Å².